The van der Waals surface area contributed by atoms with Gasteiger partial charge in [-0.3, -0.25) is 0 Å². The standard InChI is InChI=1S/C17H16F3NO4/c1-21-8-12(15(22)24-2)14(13(9-21)16(23)25-3)10-4-6-11(7-5-10)17(18,19)20/h4-9,14H,1-3H3. The van der Waals surface area contributed by atoms with Gasteiger partial charge in [0.15, 0.2) is 0 Å². The molecule has 0 amide bonds. The Labute approximate surface area is 142 Å². The van der Waals surface area contributed by atoms with Crippen molar-refractivity contribution in [3.8, 4) is 0 Å². The third-order valence-corrected chi connectivity index (χ3v) is 3.72. The Morgan fingerprint density at radius 1 is 0.960 bits per heavy atom. The van der Waals surface area contributed by atoms with Crippen LogP contribution in [0.3, 0.4) is 0 Å². The molecule has 0 saturated heterocycles. The minimum absolute atomic E-state index is 0.118. The molecular formula is C17H16F3NO4. The fourth-order valence-corrected chi connectivity index (χ4v) is 2.59. The zero-order chi connectivity index (χ0) is 18.8. The highest BCUT2D eigenvalue weighted by Gasteiger charge is 2.36. The second-order valence-electron chi connectivity index (χ2n) is 5.37. The fraction of sp³-hybridized carbons (Fsp3) is 0.294. The van der Waals surface area contributed by atoms with Gasteiger partial charge in [0, 0.05) is 19.4 Å². The number of nitrogens with zero attached hydrogens (tertiary/aromatic N) is 1. The Balaban J connectivity index is 2.54. The van der Waals surface area contributed by atoms with E-state index in [2.05, 4.69) is 0 Å². The van der Waals surface area contributed by atoms with Gasteiger partial charge in [-0.2, -0.15) is 13.2 Å². The first-order chi connectivity index (χ1) is 11.7. The van der Waals surface area contributed by atoms with E-state index >= 15 is 0 Å². The number of ether oxygens (including phenoxy) is 2. The first-order valence-electron chi connectivity index (χ1n) is 7.18. The molecule has 0 radical (unpaired) electrons. The molecule has 0 fully saturated rings. The summed E-state index contributed by atoms with van der Waals surface area (Å²) in [4.78, 5) is 25.7. The molecule has 0 spiro atoms. The van der Waals surface area contributed by atoms with E-state index in [1.165, 1.54) is 43.7 Å². The summed E-state index contributed by atoms with van der Waals surface area (Å²) >= 11 is 0. The van der Waals surface area contributed by atoms with Crippen LogP contribution in [-0.4, -0.2) is 38.1 Å². The van der Waals surface area contributed by atoms with Crippen LogP contribution in [0.25, 0.3) is 0 Å². The summed E-state index contributed by atoms with van der Waals surface area (Å²) in [5, 5.41) is 0. The van der Waals surface area contributed by atoms with Crippen LogP contribution < -0.4 is 0 Å². The first-order valence-corrected chi connectivity index (χ1v) is 7.18. The van der Waals surface area contributed by atoms with Gasteiger partial charge in [-0.15, -0.1) is 0 Å². The van der Waals surface area contributed by atoms with Crippen molar-refractivity contribution < 1.29 is 32.2 Å². The molecule has 25 heavy (non-hydrogen) atoms. The SMILES string of the molecule is COC(=O)C1=CN(C)C=C(C(=O)OC)C1c1ccc(C(F)(F)F)cc1. The van der Waals surface area contributed by atoms with E-state index in [4.69, 9.17) is 9.47 Å². The molecule has 0 bridgehead atoms. The van der Waals surface area contributed by atoms with Gasteiger partial charge in [0.2, 0.25) is 0 Å². The van der Waals surface area contributed by atoms with Gasteiger partial charge < -0.3 is 14.4 Å². The molecule has 1 aliphatic rings. The maximum absolute atomic E-state index is 12.8. The maximum Gasteiger partial charge on any atom is 0.416 e. The average molecular weight is 355 g/mol. The van der Waals surface area contributed by atoms with Crippen LogP contribution in [0.4, 0.5) is 13.2 Å². The van der Waals surface area contributed by atoms with Crippen LogP contribution in [0.15, 0.2) is 47.8 Å². The van der Waals surface area contributed by atoms with Gasteiger partial charge in [-0.05, 0) is 17.7 Å². The van der Waals surface area contributed by atoms with Crippen LogP contribution in [0, 0.1) is 0 Å². The van der Waals surface area contributed by atoms with Crippen molar-refractivity contribution >= 4 is 11.9 Å². The van der Waals surface area contributed by atoms with E-state index in [0.29, 0.717) is 5.56 Å². The number of carbonyl (C=O) groups excluding carboxylic acids is 2. The molecule has 134 valence electrons. The number of alkyl halides is 3. The number of esters is 2. The molecule has 1 heterocycles. The summed E-state index contributed by atoms with van der Waals surface area (Å²) in [6, 6.07) is 4.26. The van der Waals surface area contributed by atoms with Gasteiger partial charge in [-0.1, -0.05) is 12.1 Å². The van der Waals surface area contributed by atoms with Gasteiger partial charge in [0.25, 0.3) is 0 Å². The molecule has 1 aromatic rings. The molecule has 0 atom stereocenters. The molecule has 0 aliphatic carbocycles. The van der Waals surface area contributed by atoms with Crippen molar-refractivity contribution in [3.63, 3.8) is 0 Å². The lowest BCUT2D eigenvalue weighted by molar-refractivity contribution is -0.138. The van der Waals surface area contributed by atoms with Crippen LogP contribution in [0.2, 0.25) is 0 Å². The van der Waals surface area contributed by atoms with E-state index in [0.717, 1.165) is 12.1 Å². The molecule has 0 unspecified atom stereocenters. The van der Waals surface area contributed by atoms with Crippen molar-refractivity contribution in [3.05, 3.63) is 58.9 Å². The van der Waals surface area contributed by atoms with E-state index in [1.54, 1.807) is 7.05 Å². The van der Waals surface area contributed by atoms with Crippen LogP contribution in [0.1, 0.15) is 17.0 Å². The lowest BCUT2D eigenvalue weighted by Gasteiger charge is -2.28. The van der Waals surface area contributed by atoms with Crippen molar-refractivity contribution in [2.45, 2.75) is 12.1 Å². The minimum Gasteiger partial charge on any atom is -0.466 e. The number of rotatable bonds is 3. The molecule has 8 heteroatoms. The topological polar surface area (TPSA) is 55.8 Å². The van der Waals surface area contributed by atoms with E-state index in [9.17, 15) is 22.8 Å². The third kappa shape index (κ3) is 3.84. The fourth-order valence-electron chi connectivity index (χ4n) is 2.59. The van der Waals surface area contributed by atoms with Crippen LogP contribution in [0.5, 0.6) is 0 Å². The number of carbonyl (C=O) groups is 2. The summed E-state index contributed by atoms with van der Waals surface area (Å²) in [5.74, 6) is -2.27. The van der Waals surface area contributed by atoms with E-state index in [1.807, 2.05) is 0 Å². The molecule has 1 aromatic carbocycles. The lowest BCUT2D eigenvalue weighted by Crippen LogP contribution is -2.27. The van der Waals surface area contributed by atoms with Crippen molar-refractivity contribution in [2.24, 2.45) is 0 Å². The lowest BCUT2D eigenvalue weighted by atomic mass is 9.83. The highest BCUT2D eigenvalue weighted by molar-refractivity contribution is 5.98. The summed E-state index contributed by atoms with van der Waals surface area (Å²) in [7, 11) is 3.97. The van der Waals surface area contributed by atoms with Crippen molar-refractivity contribution in [1.29, 1.82) is 0 Å². The van der Waals surface area contributed by atoms with E-state index < -0.39 is 29.6 Å². The smallest absolute Gasteiger partial charge is 0.416 e. The monoisotopic (exact) mass is 355 g/mol. The Kier molecular flexibility index (Phi) is 5.20. The second-order valence-corrected chi connectivity index (χ2v) is 5.37. The predicted molar refractivity (Wildman–Crippen MR) is 82.1 cm³/mol. The first kappa shape index (κ1) is 18.6. The van der Waals surface area contributed by atoms with Gasteiger partial charge in [0.05, 0.1) is 36.8 Å². The largest absolute Gasteiger partial charge is 0.466 e. The maximum atomic E-state index is 12.8. The molecule has 0 saturated carbocycles. The Bertz CT molecular complexity index is 701. The van der Waals surface area contributed by atoms with Crippen LogP contribution >= 0.6 is 0 Å². The molecule has 0 aromatic heterocycles. The predicted octanol–water partition coefficient (Wildman–Crippen LogP) is 2.85. The number of methoxy groups -OCH3 is 2. The molecule has 2 rings (SSSR count). The zero-order valence-electron chi connectivity index (χ0n) is 13.8. The number of halogens is 3. The molecule has 5 nitrogen and oxygen atoms in total. The average Bonchev–Trinajstić information content (AvgIpc) is 2.58. The summed E-state index contributed by atoms with van der Waals surface area (Å²) < 4.78 is 47.7. The molecular weight excluding hydrogens is 339 g/mol. The minimum atomic E-state index is -4.48. The van der Waals surface area contributed by atoms with Gasteiger partial charge in [-0.25, -0.2) is 9.59 Å². The van der Waals surface area contributed by atoms with Crippen molar-refractivity contribution in [1.82, 2.24) is 4.90 Å². The molecule has 1 aliphatic heterocycles. The normalized spacial score (nSPS) is 15.4. The number of benzene rings is 1. The third-order valence-electron chi connectivity index (χ3n) is 3.72. The summed E-state index contributed by atoms with van der Waals surface area (Å²) in [6.07, 6.45) is -1.56. The van der Waals surface area contributed by atoms with Crippen molar-refractivity contribution in [2.75, 3.05) is 21.3 Å². The zero-order valence-corrected chi connectivity index (χ0v) is 13.8. The molecule has 0 N–H and O–H groups in total. The highest BCUT2D eigenvalue weighted by atomic mass is 19.4. The summed E-state index contributed by atoms with van der Waals surface area (Å²) in [5.41, 5.74) is -0.244. The Morgan fingerprint density at radius 3 is 1.76 bits per heavy atom. The van der Waals surface area contributed by atoms with Gasteiger partial charge >= 0.3 is 18.1 Å². The Hall–Kier alpha value is -2.77. The Morgan fingerprint density at radius 2 is 1.40 bits per heavy atom. The summed E-state index contributed by atoms with van der Waals surface area (Å²) in [6.45, 7) is 0. The van der Waals surface area contributed by atoms with Crippen LogP contribution in [-0.2, 0) is 25.2 Å². The number of hydrogen-bond donors (Lipinski definition) is 0. The quantitative estimate of drug-likeness (QED) is 0.781. The number of hydrogen-bond acceptors (Lipinski definition) is 5. The second kappa shape index (κ2) is 7.00. The van der Waals surface area contributed by atoms with Gasteiger partial charge in [0.1, 0.15) is 0 Å². The van der Waals surface area contributed by atoms with E-state index in [-0.39, 0.29) is 11.1 Å². The highest BCUT2D eigenvalue weighted by Crippen LogP contribution is 2.38.